The lowest BCUT2D eigenvalue weighted by Crippen LogP contribution is -2.15. The Kier molecular flexibility index (Phi) is 6.85. The molecule has 0 aromatic heterocycles. The number of carbonyl (C=O) groups excluding carboxylic acids is 2. The third kappa shape index (κ3) is 5.90. The summed E-state index contributed by atoms with van der Waals surface area (Å²) < 4.78 is 86.0. The Hall–Kier alpha value is -1.79. The zero-order chi connectivity index (χ0) is 19.4. The van der Waals surface area contributed by atoms with Gasteiger partial charge in [-0.05, 0) is 25.1 Å². The highest BCUT2D eigenvalue weighted by Gasteiger charge is 2.37. The Morgan fingerprint density at radius 3 is 1.88 bits per heavy atom. The van der Waals surface area contributed by atoms with Gasteiger partial charge in [0.05, 0.1) is 17.7 Å². The average Bonchev–Trinajstić information content (AvgIpc) is 2.50. The van der Waals surface area contributed by atoms with E-state index in [1.54, 1.807) is 0 Å². The van der Waals surface area contributed by atoms with Crippen LogP contribution >= 0.6 is 23.0 Å². The van der Waals surface area contributed by atoms with Gasteiger partial charge in [-0.15, -0.1) is 0 Å². The maximum atomic E-state index is 12.8. The molecule has 11 heteroatoms. The van der Waals surface area contributed by atoms with E-state index in [0.29, 0.717) is 18.2 Å². The topological polar surface area (TPSA) is 52.6 Å². The fourth-order valence-electron chi connectivity index (χ4n) is 1.63. The van der Waals surface area contributed by atoms with Gasteiger partial charge in [-0.3, -0.25) is 4.79 Å². The molecule has 138 valence electrons. The van der Waals surface area contributed by atoms with Gasteiger partial charge in [0, 0.05) is 11.6 Å². The molecule has 0 spiro atoms. The minimum Gasteiger partial charge on any atom is -0.460 e. The summed E-state index contributed by atoms with van der Waals surface area (Å²) in [6, 6.07) is 0.678. The van der Waals surface area contributed by atoms with Gasteiger partial charge in [-0.2, -0.15) is 26.3 Å². The molecule has 1 rings (SSSR count). The molecule has 0 bridgehead atoms. The van der Waals surface area contributed by atoms with Crippen molar-refractivity contribution in [1.29, 1.82) is 0 Å². The molecular weight excluding hydrogens is 473 g/mol. The largest absolute Gasteiger partial charge is 0.460 e. The first-order valence-corrected chi connectivity index (χ1v) is 7.29. The van der Waals surface area contributed by atoms with Crippen LogP contribution in [-0.2, 0) is 29.7 Å². The third-order valence-corrected chi connectivity index (χ3v) is 3.17. The summed E-state index contributed by atoms with van der Waals surface area (Å²) in [6.45, 7) is 1.27. The molecule has 1 aromatic carbocycles. The maximum absolute atomic E-state index is 12.8. The standard InChI is InChI=1S/C14H9F6IO4/c1-2-24-12(23)10(22)6-11(25-21)7-3-8(13(15,16)17)5-9(4-7)14(18,19)20/h3-6H,2H2,1H3/b11-6-. The Labute approximate surface area is 151 Å². The number of hydrogen-bond donors (Lipinski definition) is 0. The molecule has 0 N–H and O–H groups in total. The highest BCUT2D eigenvalue weighted by atomic mass is 127. The van der Waals surface area contributed by atoms with Crippen molar-refractivity contribution in [1.82, 2.24) is 0 Å². The summed E-state index contributed by atoms with van der Waals surface area (Å²) in [6.07, 6.45) is -9.66. The summed E-state index contributed by atoms with van der Waals surface area (Å²) in [7, 11) is 0. The average molecular weight is 482 g/mol. The summed E-state index contributed by atoms with van der Waals surface area (Å²) >= 11 is 1.16. The van der Waals surface area contributed by atoms with Crippen molar-refractivity contribution in [2.45, 2.75) is 19.3 Å². The van der Waals surface area contributed by atoms with E-state index in [2.05, 4.69) is 7.80 Å². The van der Waals surface area contributed by atoms with E-state index in [1.807, 2.05) is 0 Å². The van der Waals surface area contributed by atoms with Crippen molar-refractivity contribution >= 4 is 40.5 Å². The molecule has 0 saturated heterocycles. The molecular formula is C14H9F6IO4. The normalized spacial score (nSPS) is 12.7. The number of esters is 1. The monoisotopic (exact) mass is 482 g/mol. The van der Waals surface area contributed by atoms with Gasteiger partial charge in [0.2, 0.25) is 0 Å². The Balaban J connectivity index is 3.46. The Morgan fingerprint density at radius 2 is 1.52 bits per heavy atom. The first kappa shape index (κ1) is 21.3. The Morgan fingerprint density at radius 1 is 1.04 bits per heavy atom. The Bertz CT molecular complexity index is 661. The molecule has 0 fully saturated rings. The summed E-state index contributed by atoms with van der Waals surface area (Å²) in [5.41, 5.74) is -3.84. The molecule has 0 aliphatic carbocycles. The van der Waals surface area contributed by atoms with E-state index < -0.39 is 46.6 Å². The third-order valence-electron chi connectivity index (χ3n) is 2.69. The maximum Gasteiger partial charge on any atom is 0.416 e. The van der Waals surface area contributed by atoms with Crippen molar-refractivity contribution < 1.29 is 43.7 Å². The molecule has 0 heterocycles. The van der Waals surface area contributed by atoms with Gasteiger partial charge in [-0.1, -0.05) is 0 Å². The second-order valence-electron chi connectivity index (χ2n) is 4.47. The fraction of sp³-hybridized carbons (Fsp3) is 0.286. The zero-order valence-corrected chi connectivity index (χ0v) is 14.5. The van der Waals surface area contributed by atoms with Crippen molar-refractivity contribution in [2.24, 2.45) is 0 Å². The van der Waals surface area contributed by atoms with Crippen molar-refractivity contribution in [3.8, 4) is 0 Å². The SMILES string of the molecule is CCOC(=O)C(=O)/C=C(\OI)c1cc(C(F)(F)F)cc(C(F)(F)F)c1. The van der Waals surface area contributed by atoms with Crippen LogP contribution in [0.3, 0.4) is 0 Å². The summed E-state index contributed by atoms with van der Waals surface area (Å²) in [4.78, 5) is 22.8. The molecule has 0 unspecified atom stereocenters. The van der Waals surface area contributed by atoms with Crippen molar-refractivity contribution in [2.75, 3.05) is 6.61 Å². The van der Waals surface area contributed by atoms with Crippen LogP contribution in [0.15, 0.2) is 24.3 Å². The number of rotatable bonds is 5. The van der Waals surface area contributed by atoms with Crippen LogP contribution < -0.4 is 0 Å². The van der Waals surface area contributed by atoms with Crippen molar-refractivity contribution in [3.63, 3.8) is 0 Å². The highest BCUT2D eigenvalue weighted by Crippen LogP contribution is 2.38. The predicted octanol–water partition coefficient (Wildman–Crippen LogP) is 4.56. The number of hydrogen-bond acceptors (Lipinski definition) is 4. The lowest BCUT2D eigenvalue weighted by Gasteiger charge is -2.14. The van der Waals surface area contributed by atoms with Crippen LogP contribution in [-0.4, -0.2) is 18.4 Å². The highest BCUT2D eigenvalue weighted by molar-refractivity contribution is 14.1. The number of ketones is 1. The molecule has 1 aromatic rings. The fourth-order valence-corrected chi connectivity index (χ4v) is 2.01. The first-order valence-electron chi connectivity index (χ1n) is 6.41. The predicted molar refractivity (Wildman–Crippen MR) is 81.2 cm³/mol. The van der Waals surface area contributed by atoms with E-state index in [4.69, 9.17) is 0 Å². The molecule has 0 radical (unpaired) electrons. The minimum atomic E-state index is -5.06. The lowest BCUT2D eigenvalue weighted by atomic mass is 10.0. The second kappa shape index (κ2) is 8.06. The second-order valence-corrected chi connectivity index (χ2v) is 4.91. The van der Waals surface area contributed by atoms with E-state index in [0.717, 1.165) is 23.0 Å². The van der Waals surface area contributed by atoms with Gasteiger partial charge in [-0.25, -0.2) is 4.79 Å². The van der Waals surface area contributed by atoms with Gasteiger partial charge >= 0.3 is 18.3 Å². The van der Waals surface area contributed by atoms with Crippen LogP contribution in [0.25, 0.3) is 5.76 Å². The van der Waals surface area contributed by atoms with E-state index in [-0.39, 0.29) is 12.7 Å². The van der Waals surface area contributed by atoms with Crippen LogP contribution in [0.2, 0.25) is 0 Å². The molecule has 0 aliphatic heterocycles. The van der Waals surface area contributed by atoms with Crippen molar-refractivity contribution in [3.05, 3.63) is 41.0 Å². The van der Waals surface area contributed by atoms with Gasteiger partial charge in [0.1, 0.15) is 5.76 Å². The zero-order valence-electron chi connectivity index (χ0n) is 12.3. The van der Waals surface area contributed by atoms with Crippen LogP contribution in [0.5, 0.6) is 0 Å². The number of halogens is 7. The number of carbonyl (C=O) groups is 2. The quantitative estimate of drug-likeness (QED) is 0.154. The molecule has 4 nitrogen and oxygen atoms in total. The minimum absolute atomic E-state index is 0.0680. The first-order chi connectivity index (χ1) is 11.4. The lowest BCUT2D eigenvalue weighted by molar-refractivity contribution is -0.151. The number of alkyl halides is 6. The molecule has 0 atom stereocenters. The molecule has 0 amide bonds. The van der Waals surface area contributed by atoms with E-state index >= 15 is 0 Å². The molecule has 0 saturated carbocycles. The molecule has 25 heavy (non-hydrogen) atoms. The van der Waals surface area contributed by atoms with Crippen LogP contribution in [0.4, 0.5) is 26.3 Å². The summed E-state index contributed by atoms with van der Waals surface area (Å²) in [5, 5.41) is 0. The number of benzene rings is 1. The van der Waals surface area contributed by atoms with Gasteiger partial charge in [0.25, 0.3) is 5.78 Å². The van der Waals surface area contributed by atoms with Gasteiger partial charge < -0.3 is 7.80 Å². The van der Waals surface area contributed by atoms with Gasteiger partial charge in [0.15, 0.2) is 23.0 Å². The smallest absolute Gasteiger partial charge is 0.416 e. The number of ether oxygens (including phenoxy) is 1. The van der Waals surface area contributed by atoms with E-state index in [1.165, 1.54) is 6.92 Å². The summed E-state index contributed by atoms with van der Waals surface area (Å²) in [5.74, 6) is -3.27. The van der Waals surface area contributed by atoms with E-state index in [9.17, 15) is 35.9 Å². The van der Waals surface area contributed by atoms with Crippen LogP contribution in [0.1, 0.15) is 23.6 Å². The molecule has 0 aliphatic rings. The van der Waals surface area contributed by atoms with Crippen LogP contribution in [0, 0.1) is 0 Å².